The molecule has 32 heavy (non-hydrogen) atoms. The molecule has 0 atom stereocenters. The standard InChI is InChI=1S/C21H14ClF3N4O2S/c22-18-17(20(30)28-4-1-2-12(7-28)16-10-32-11-26-16)27-19-15(21(23,24)25)6-14(8-29(18)19)13-3-5-31-9-13/h2-3,5-6,8-11H,1,4,7H2. The van der Waals surface area contributed by atoms with Gasteiger partial charge in [-0.05, 0) is 24.1 Å². The SMILES string of the molecule is O=C(c1nc2c(C(F)(F)F)cc(-c3ccoc3)cn2c1Cl)N1CCC=C(c2cscn2)C1. The number of hydrogen-bond acceptors (Lipinski definition) is 5. The Hall–Kier alpha value is -3.11. The van der Waals surface area contributed by atoms with Crippen LogP contribution < -0.4 is 0 Å². The van der Waals surface area contributed by atoms with Gasteiger partial charge in [0.2, 0.25) is 0 Å². The van der Waals surface area contributed by atoms with Crippen molar-refractivity contribution in [3.8, 4) is 11.1 Å². The summed E-state index contributed by atoms with van der Waals surface area (Å²) in [4.78, 5) is 23.0. The molecule has 1 amide bonds. The van der Waals surface area contributed by atoms with Crippen LogP contribution in [0.5, 0.6) is 0 Å². The minimum Gasteiger partial charge on any atom is -0.472 e. The fourth-order valence-electron chi connectivity index (χ4n) is 3.67. The summed E-state index contributed by atoms with van der Waals surface area (Å²) in [6, 6.07) is 2.51. The van der Waals surface area contributed by atoms with Crippen LogP contribution in [-0.2, 0) is 6.18 Å². The van der Waals surface area contributed by atoms with E-state index in [1.165, 1.54) is 41.0 Å². The molecule has 5 rings (SSSR count). The lowest BCUT2D eigenvalue weighted by molar-refractivity contribution is -0.136. The number of imidazole rings is 1. The van der Waals surface area contributed by atoms with Gasteiger partial charge in [0.05, 0.1) is 29.3 Å². The summed E-state index contributed by atoms with van der Waals surface area (Å²) in [6.07, 6.45) is 2.02. The van der Waals surface area contributed by atoms with Crippen molar-refractivity contribution in [3.63, 3.8) is 0 Å². The Morgan fingerprint density at radius 2 is 2.12 bits per heavy atom. The maximum Gasteiger partial charge on any atom is 0.420 e. The van der Waals surface area contributed by atoms with E-state index in [1.54, 1.807) is 5.51 Å². The summed E-state index contributed by atoms with van der Waals surface area (Å²) in [7, 11) is 0. The van der Waals surface area contributed by atoms with Crippen LogP contribution >= 0.6 is 22.9 Å². The molecule has 0 saturated carbocycles. The number of halogens is 4. The van der Waals surface area contributed by atoms with Crippen LogP contribution in [0.3, 0.4) is 0 Å². The summed E-state index contributed by atoms with van der Waals surface area (Å²) < 4.78 is 47.5. The molecule has 6 nitrogen and oxygen atoms in total. The Morgan fingerprint density at radius 3 is 2.81 bits per heavy atom. The first-order valence-corrected chi connectivity index (χ1v) is 10.8. The number of furan rings is 1. The van der Waals surface area contributed by atoms with Crippen molar-refractivity contribution in [2.45, 2.75) is 12.6 Å². The second-order valence-electron chi connectivity index (χ2n) is 7.22. The predicted octanol–water partition coefficient (Wildman–Crippen LogP) is 5.65. The van der Waals surface area contributed by atoms with E-state index in [2.05, 4.69) is 9.97 Å². The normalized spacial score (nSPS) is 14.8. The molecule has 0 bridgehead atoms. The van der Waals surface area contributed by atoms with E-state index < -0.39 is 23.3 Å². The maximum absolute atomic E-state index is 13.8. The third-order valence-corrected chi connectivity index (χ3v) is 6.17. The van der Waals surface area contributed by atoms with Crippen molar-refractivity contribution in [2.75, 3.05) is 13.1 Å². The number of hydrogen-bond donors (Lipinski definition) is 0. The molecule has 0 radical (unpaired) electrons. The molecule has 1 aliphatic heterocycles. The largest absolute Gasteiger partial charge is 0.472 e. The molecule has 4 aromatic rings. The lowest BCUT2D eigenvalue weighted by Crippen LogP contribution is -2.35. The summed E-state index contributed by atoms with van der Waals surface area (Å²) in [5, 5.41) is 1.70. The van der Waals surface area contributed by atoms with Gasteiger partial charge >= 0.3 is 6.18 Å². The minimum atomic E-state index is -4.69. The number of aromatic nitrogens is 3. The molecule has 164 valence electrons. The zero-order chi connectivity index (χ0) is 22.5. The van der Waals surface area contributed by atoms with Crippen molar-refractivity contribution in [1.29, 1.82) is 0 Å². The van der Waals surface area contributed by atoms with Gasteiger partial charge < -0.3 is 9.32 Å². The molecule has 0 unspecified atom stereocenters. The molecule has 5 heterocycles. The summed E-state index contributed by atoms with van der Waals surface area (Å²) in [5.74, 6) is -0.530. The molecule has 4 aromatic heterocycles. The highest BCUT2D eigenvalue weighted by Crippen LogP contribution is 2.37. The van der Waals surface area contributed by atoms with E-state index >= 15 is 0 Å². The van der Waals surface area contributed by atoms with E-state index in [9.17, 15) is 18.0 Å². The van der Waals surface area contributed by atoms with E-state index in [4.69, 9.17) is 16.0 Å². The van der Waals surface area contributed by atoms with Crippen LogP contribution in [0.2, 0.25) is 5.15 Å². The van der Waals surface area contributed by atoms with Gasteiger partial charge in [-0.1, -0.05) is 17.7 Å². The quantitative estimate of drug-likeness (QED) is 0.381. The molecule has 11 heteroatoms. The molecular formula is C21H14ClF3N4O2S. The third kappa shape index (κ3) is 3.59. The van der Waals surface area contributed by atoms with Gasteiger partial charge in [-0.15, -0.1) is 11.3 Å². The Bertz CT molecular complexity index is 1330. The zero-order valence-electron chi connectivity index (χ0n) is 16.3. The van der Waals surface area contributed by atoms with Gasteiger partial charge in [0, 0.05) is 35.8 Å². The Kier molecular flexibility index (Phi) is 5.06. The molecule has 0 spiro atoms. The molecule has 0 saturated heterocycles. The van der Waals surface area contributed by atoms with Crippen LogP contribution in [0.4, 0.5) is 13.2 Å². The number of rotatable bonds is 3. The molecule has 0 fully saturated rings. The number of carbonyl (C=O) groups is 1. The lowest BCUT2D eigenvalue weighted by atomic mass is 10.1. The Labute approximate surface area is 188 Å². The number of amides is 1. The second kappa shape index (κ2) is 7.79. The third-order valence-electron chi connectivity index (χ3n) is 5.22. The van der Waals surface area contributed by atoms with Crippen LogP contribution in [-0.4, -0.2) is 38.3 Å². The highest BCUT2D eigenvalue weighted by Gasteiger charge is 2.36. The maximum atomic E-state index is 13.8. The average Bonchev–Trinajstić information content (AvgIpc) is 3.54. The summed E-state index contributed by atoms with van der Waals surface area (Å²) in [5.41, 5.74) is 2.41. The Morgan fingerprint density at radius 1 is 1.28 bits per heavy atom. The van der Waals surface area contributed by atoms with Gasteiger partial charge in [0.25, 0.3) is 5.91 Å². The lowest BCUT2D eigenvalue weighted by Gasteiger charge is -2.26. The highest BCUT2D eigenvalue weighted by atomic mass is 35.5. The van der Waals surface area contributed by atoms with Crippen LogP contribution in [0.25, 0.3) is 22.3 Å². The van der Waals surface area contributed by atoms with Crippen LogP contribution in [0, 0.1) is 0 Å². The first-order chi connectivity index (χ1) is 15.3. The number of thiazole rings is 1. The summed E-state index contributed by atoms with van der Waals surface area (Å²) in [6.45, 7) is 0.683. The fourth-order valence-corrected chi connectivity index (χ4v) is 4.50. The monoisotopic (exact) mass is 478 g/mol. The zero-order valence-corrected chi connectivity index (χ0v) is 17.8. The molecule has 0 aliphatic carbocycles. The molecule has 0 aromatic carbocycles. The van der Waals surface area contributed by atoms with Crippen molar-refractivity contribution < 1.29 is 22.4 Å². The first kappa shape index (κ1) is 20.8. The van der Waals surface area contributed by atoms with Crippen LogP contribution in [0.15, 0.2) is 52.2 Å². The van der Waals surface area contributed by atoms with Gasteiger partial charge in [-0.2, -0.15) is 13.2 Å². The van der Waals surface area contributed by atoms with E-state index in [-0.39, 0.29) is 23.0 Å². The highest BCUT2D eigenvalue weighted by molar-refractivity contribution is 7.07. The van der Waals surface area contributed by atoms with Gasteiger partial charge in [-0.25, -0.2) is 9.97 Å². The van der Waals surface area contributed by atoms with Gasteiger partial charge in [-0.3, -0.25) is 9.20 Å². The smallest absolute Gasteiger partial charge is 0.420 e. The molecule has 0 N–H and O–H groups in total. The summed E-state index contributed by atoms with van der Waals surface area (Å²) >= 11 is 7.84. The van der Waals surface area contributed by atoms with Crippen molar-refractivity contribution in [1.82, 2.24) is 19.3 Å². The van der Waals surface area contributed by atoms with Crippen LogP contribution in [0.1, 0.15) is 28.2 Å². The predicted molar refractivity (Wildman–Crippen MR) is 114 cm³/mol. The number of fused-ring (bicyclic) bond motifs is 1. The molecule has 1 aliphatic rings. The number of carbonyl (C=O) groups excluding carboxylic acids is 1. The number of pyridine rings is 1. The van der Waals surface area contributed by atoms with E-state index in [0.29, 0.717) is 18.5 Å². The number of alkyl halides is 3. The second-order valence-corrected chi connectivity index (χ2v) is 8.29. The van der Waals surface area contributed by atoms with Crippen molar-refractivity contribution in [2.24, 2.45) is 0 Å². The van der Waals surface area contributed by atoms with Crippen molar-refractivity contribution >= 4 is 40.1 Å². The van der Waals surface area contributed by atoms with Crippen molar-refractivity contribution in [3.05, 3.63) is 69.9 Å². The first-order valence-electron chi connectivity index (χ1n) is 9.51. The van der Waals surface area contributed by atoms with E-state index in [0.717, 1.165) is 21.7 Å². The Balaban J connectivity index is 1.57. The van der Waals surface area contributed by atoms with Gasteiger partial charge in [0.1, 0.15) is 5.15 Å². The van der Waals surface area contributed by atoms with Gasteiger partial charge in [0.15, 0.2) is 11.3 Å². The van der Waals surface area contributed by atoms with E-state index in [1.807, 2.05) is 11.5 Å². The number of nitrogens with zero attached hydrogens (tertiary/aromatic N) is 4. The topological polar surface area (TPSA) is 63.6 Å². The minimum absolute atomic E-state index is 0.175. The fraction of sp³-hybridized carbons (Fsp3) is 0.190. The molecular weight excluding hydrogens is 465 g/mol. The average molecular weight is 479 g/mol.